The Bertz CT molecular complexity index is 1970. The van der Waals surface area contributed by atoms with Crippen LogP contribution in [0.1, 0.15) is 95.0 Å². The summed E-state index contributed by atoms with van der Waals surface area (Å²) in [7, 11) is 3.31. The van der Waals surface area contributed by atoms with Crippen LogP contribution in [0.5, 0.6) is 0 Å². The molecule has 3 aromatic rings. The molecule has 0 saturated carbocycles. The van der Waals surface area contributed by atoms with Gasteiger partial charge in [0.25, 0.3) is 0 Å². The van der Waals surface area contributed by atoms with E-state index in [-0.39, 0.29) is 37.9 Å². The van der Waals surface area contributed by atoms with Gasteiger partial charge < -0.3 is 28.7 Å². The highest BCUT2D eigenvalue weighted by atomic mass is 16.6. The minimum Gasteiger partial charge on any atom is -0.447 e. The minimum absolute atomic E-state index is 0.0852. The number of hydrogen-bond acceptors (Lipinski definition) is 10. The van der Waals surface area contributed by atoms with Crippen molar-refractivity contribution >= 4 is 36.2 Å². The van der Waals surface area contributed by atoms with Crippen molar-refractivity contribution in [2.45, 2.75) is 123 Å². The van der Waals surface area contributed by atoms with Crippen LogP contribution >= 0.6 is 0 Å². The Hall–Kier alpha value is -5.92. The number of benzene rings is 3. The molecule has 0 spiro atoms. The predicted octanol–water partition coefficient (Wildman–Crippen LogP) is 8.79. The summed E-state index contributed by atoms with van der Waals surface area (Å²) in [5.41, 5.74) is 3.20. The monoisotopic (exact) mass is 896 g/mol. The van der Waals surface area contributed by atoms with Gasteiger partial charge in [-0.25, -0.2) is 29.0 Å². The van der Waals surface area contributed by atoms with Crippen LogP contribution in [0.2, 0.25) is 0 Å². The van der Waals surface area contributed by atoms with Crippen molar-refractivity contribution in [1.29, 1.82) is 0 Å². The van der Waals surface area contributed by atoms with E-state index in [2.05, 4.69) is 0 Å². The first-order valence-corrected chi connectivity index (χ1v) is 22.7. The molecular formula is C51H68N4O10. The zero-order valence-corrected chi connectivity index (χ0v) is 39.7. The molecule has 0 aromatic heterocycles. The third-order valence-electron chi connectivity index (χ3n) is 11.4. The fourth-order valence-corrected chi connectivity index (χ4v) is 8.32. The highest BCUT2D eigenvalue weighted by molar-refractivity contribution is 5.95. The molecule has 0 bridgehead atoms. The van der Waals surface area contributed by atoms with Crippen molar-refractivity contribution in [2.75, 3.05) is 40.4 Å². The van der Waals surface area contributed by atoms with Crippen molar-refractivity contribution in [3.8, 4) is 0 Å². The maximum Gasteiger partial charge on any atom is 0.416 e. The van der Waals surface area contributed by atoms with Gasteiger partial charge in [-0.1, -0.05) is 84.4 Å². The van der Waals surface area contributed by atoms with Crippen molar-refractivity contribution in [3.05, 3.63) is 107 Å². The fourth-order valence-electron chi connectivity index (χ4n) is 8.32. The van der Waals surface area contributed by atoms with E-state index in [1.807, 2.05) is 85.8 Å². The van der Waals surface area contributed by atoms with Gasteiger partial charge in [-0.15, -0.1) is 0 Å². The lowest BCUT2D eigenvalue weighted by atomic mass is 9.88. The number of carbonyl (C=O) groups is 6. The van der Waals surface area contributed by atoms with Gasteiger partial charge in [0.2, 0.25) is 11.8 Å². The van der Waals surface area contributed by atoms with Crippen molar-refractivity contribution in [2.24, 2.45) is 11.8 Å². The lowest BCUT2D eigenvalue weighted by Crippen LogP contribution is -2.44. The molecule has 0 N–H and O–H groups in total. The highest BCUT2D eigenvalue weighted by Gasteiger charge is 2.42. The summed E-state index contributed by atoms with van der Waals surface area (Å²) in [4.78, 5) is 86.9. The lowest BCUT2D eigenvalue weighted by Gasteiger charge is -2.28. The van der Waals surface area contributed by atoms with Crippen molar-refractivity contribution in [1.82, 2.24) is 19.6 Å². The molecule has 2 heterocycles. The summed E-state index contributed by atoms with van der Waals surface area (Å²) < 4.78 is 22.0. The summed E-state index contributed by atoms with van der Waals surface area (Å²) in [5.74, 6) is -2.01. The smallest absolute Gasteiger partial charge is 0.416 e. The summed E-state index contributed by atoms with van der Waals surface area (Å²) in [6.45, 7) is 13.6. The van der Waals surface area contributed by atoms with Crippen LogP contribution in [0.25, 0.3) is 0 Å². The number of hydrogen-bond donors (Lipinski definition) is 0. The zero-order chi connectivity index (χ0) is 47.5. The van der Waals surface area contributed by atoms with E-state index in [0.29, 0.717) is 51.6 Å². The molecule has 0 aliphatic carbocycles. The van der Waals surface area contributed by atoms with Gasteiger partial charge in [-0.05, 0) is 122 Å². The summed E-state index contributed by atoms with van der Waals surface area (Å²) >= 11 is 0. The zero-order valence-electron chi connectivity index (χ0n) is 39.7. The molecule has 6 amide bonds. The fraction of sp³-hybridized carbons (Fsp3) is 0.529. The molecule has 3 aromatic carbocycles. The summed E-state index contributed by atoms with van der Waals surface area (Å²) in [6, 6.07) is 24.3. The molecule has 352 valence electrons. The number of rotatable bonds is 18. The van der Waals surface area contributed by atoms with E-state index in [1.165, 1.54) is 19.6 Å². The number of imide groups is 2. The molecule has 4 unspecified atom stereocenters. The molecule has 5 rings (SSSR count). The SMILES string of the molecule is Cc1cc(CC(CCCN(C)C(=O)OC(C)(C)C)C(=O)N2C(=O)OCC2Cc2ccccc2)cc(CC(CCCN(C)C(=O)OC(C)(C)C)C(=O)N2C(=O)OCC2Cc2ccccc2)c1. The van der Waals surface area contributed by atoms with E-state index in [0.717, 1.165) is 27.8 Å². The molecule has 65 heavy (non-hydrogen) atoms. The van der Waals surface area contributed by atoms with Gasteiger partial charge in [0.05, 0.1) is 12.1 Å². The number of carbonyl (C=O) groups excluding carboxylic acids is 6. The number of cyclic esters (lactones) is 2. The van der Waals surface area contributed by atoms with Gasteiger partial charge in [0.15, 0.2) is 0 Å². The van der Waals surface area contributed by atoms with Crippen LogP contribution < -0.4 is 0 Å². The molecule has 0 radical (unpaired) electrons. The molecule has 4 atom stereocenters. The maximum absolute atomic E-state index is 14.6. The number of ether oxygens (including phenoxy) is 4. The van der Waals surface area contributed by atoms with Crippen LogP contribution in [-0.2, 0) is 54.2 Å². The molecule has 14 nitrogen and oxygen atoms in total. The second-order valence-electron chi connectivity index (χ2n) is 19.5. The Morgan fingerprint density at radius 2 is 0.985 bits per heavy atom. The van der Waals surface area contributed by atoms with E-state index in [4.69, 9.17) is 18.9 Å². The van der Waals surface area contributed by atoms with Gasteiger partial charge in [0.1, 0.15) is 24.4 Å². The van der Waals surface area contributed by atoms with Gasteiger partial charge in [0, 0.05) is 39.0 Å². The van der Waals surface area contributed by atoms with Gasteiger partial charge in [-0.2, -0.15) is 0 Å². The minimum atomic E-state index is -0.679. The summed E-state index contributed by atoms with van der Waals surface area (Å²) in [6.07, 6.45) is 0.803. The second-order valence-corrected chi connectivity index (χ2v) is 19.5. The quantitative estimate of drug-likeness (QED) is 0.113. The van der Waals surface area contributed by atoms with E-state index >= 15 is 0 Å². The van der Waals surface area contributed by atoms with Crippen LogP contribution in [0.4, 0.5) is 19.2 Å². The molecule has 14 heteroatoms. The Morgan fingerprint density at radius 1 is 0.615 bits per heavy atom. The first-order chi connectivity index (χ1) is 30.7. The average Bonchev–Trinajstić information content (AvgIpc) is 3.78. The Labute approximate surface area is 384 Å². The van der Waals surface area contributed by atoms with E-state index in [1.54, 1.807) is 55.6 Å². The van der Waals surface area contributed by atoms with Gasteiger partial charge >= 0.3 is 24.4 Å². The van der Waals surface area contributed by atoms with E-state index < -0.39 is 59.5 Å². The number of aryl methyl sites for hydroxylation is 1. The molecule has 2 aliphatic heterocycles. The van der Waals surface area contributed by atoms with Crippen molar-refractivity contribution in [3.63, 3.8) is 0 Å². The molecular weight excluding hydrogens is 829 g/mol. The Morgan fingerprint density at radius 3 is 1.34 bits per heavy atom. The molecule has 2 aliphatic rings. The normalized spacial score (nSPS) is 17.2. The first-order valence-electron chi connectivity index (χ1n) is 22.7. The topological polar surface area (TPSA) is 152 Å². The maximum atomic E-state index is 14.6. The van der Waals surface area contributed by atoms with E-state index in [9.17, 15) is 28.8 Å². The highest BCUT2D eigenvalue weighted by Crippen LogP contribution is 2.29. The van der Waals surface area contributed by atoms with Crippen LogP contribution in [0.15, 0.2) is 78.9 Å². The third kappa shape index (κ3) is 15.1. The third-order valence-corrected chi connectivity index (χ3v) is 11.4. The second kappa shape index (κ2) is 22.3. The first kappa shape index (κ1) is 50.1. The molecule has 2 fully saturated rings. The number of amides is 6. The standard InChI is InChI=1S/C51H68N4O10/c1-35-26-38(29-40(22-16-24-52(8)46(58)64-50(2,3)4)44(56)54-42(33-62-48(54)60)31-36-18-12-10-13-19-36)28-39(27-35)30-41(23-17-25-53(9)47(59)65-51(5,6)7)45(57)55-43(34-63-49(55)61)32-37-20-14-11-15-21-37/h10-15,18-21,26-28,40-43H,16-17,22-25,29-34H2,1-9H3. The lowest BCUT2D eigenvalue weighted by molar-refractivity contribution is -0.134. The Kier molecular flexibility index (Phi) is 17.2. The molecule has 2 saturated heterocycles. The average molecular weight is 897 g/mol. The van der Waals surface area contributed by atoms with Crippen LogP contribution in [0, 0.1) is 18.8 Å². The van der Waals surface area contributed by atoms with Gasteiger partial charge in [-0.3, -0.25) is 9.59 Å². The van der Waals surface area contributed by atoms with Crippen LogP contribution in [-0.4, -0.2) is 119 Å². The summed E-state index contributed by atoms with van der Waals surface area (Å²) in [5, 5.41) is 0. The predicted molar refractivity (Wildman–Crippen MR) is 246 cm³/mol. The van der Waals surface area contributed by atoms with Crippen molar-refractivity contribution < 1.29 is 47.7 Å². The van der Waals surface area contributed by atoms with Crippen LogP contribution in [0.3, 0.4) is 0 Å². The largest absolute Gasteiger partial charge is 0.447 e. The Balaban J connectivity index is 1.40. The number of nitrogens with zero attached hydrogens (tertiary/aromatic N) is 4.